The van der Waals surface area contributed by atoms with Gasteiger partial charge in [-0.3, -0.25) is 4.79 Å². The normalized spacial score (nSPS) is 15.5. The van der Waals surface area contributed by atoms with Gasteiger partial charge in [0, 0.05) is 25.1 Å². The molecule has 3 aromatic rings. The zero-order valence-electron chi connectivity index (χ0n) is 20.6. The molecule has 198 valence electrons. The highest BCUT2D eigenvalue weighted by atomic mass is 32.2. The van der Waals surface area contributed by atoms with Crippen LogP contribution in [0.5, 0.6) is 11.5 Å². The number of hydrogen-bond acceptors (Lipinski definition) is 7. The predicted octanol–water partition coefficient (Wildman–Crippen LogP) is 3.74. The molecule has 2 heterocycles. The fraction of sp³-hybridized carbons (Fsp3) is 0.346. The Morgan fingerprint density at radius 3 is 2.46 bits per heavy atom. The molecule has 0 radical (unpaired) electrons. The number of benzene rings is 2. The monoisotopic (exact) mass is 548 g/mol. The van der Waals surface area contributed by atoms with Crippen LogP contribution in [0.25, 0.3) is 0 Å². The molecule has 0 aliphatic carbocycles. The van der Waals surface area contributed by atoms with E-state index in [1.54, 1.807) is 28.4 Å². The third-order valence-electron chi connectivity index (χ3n) is 6.19. The Morgan fingerprint density at radius 1 is 1.08 bits per heavy atom. The molecule has 1 atom stereocenters. The molecule has 1 amide bonds. The summed E-state index contributed by atoms with van der Waals surface area (Å²) in [7, 11) is -0.994. The second kappa shape index (κ2) is 12.0. The van der Waals surface area contributed by atoms with Gasteiger partial charge in [-0.2, -0.15) is 4.31 Å². The molecule has 37 heavy (non-hydrogen) atoms. The molecule has 1 aliphatic heterocycles. The Kier molecular flexibility index (Phi) is 8.80. The summed E-state index contributed by atoms with van der Waals surface area (Å²) in [6.07, 6.45) is 0.676. The van der Waals surface area contributed by atoms with Crippen molar-refractivity contribution in [3.05, 3.63) is 76.2 Å². The minimum atomic E-state index is -3.97. The number of amides is 1. The number of hydrogen-bond donors (Lipinski definition) is 0. The Labute approximate surface area is 220 Å². The third-order valence-corrected chi connectivity index (χ3v) is 9.05. The number of carbonyl (C=O) groups is 1. The van der Waals surface area contributed by atoms with Gasteiger partial charge in [0.2, 0.25) is 15.9 Å². The molecule has 2 aromatic carbocycles. The molecule has 0 fully saturated rings. The van der Waals surface area contributed by atoms with Crippen LogP contribution in [-0.4, -0.2) is 70.6 Å². The first-order valence-corrected chi connectivity index (χ1v) is 14.0. The molecular weight excluding hydrogens is 519 g/mol. The number of fused-ring (bicyclic) bond motifs is 1. The van der Waals surface area contributed by atoms with Crippen LogP contribution in [0.15, 0.2) is 64.9 Å². The van der Waals surface area contributed by atoms with Gasteiger partial charge in [-0.1, -0.05) is 0 Å². The topological polar surface area (TPSA) is 85.4 Å². The molecule has 0 unspecified atom stereocenters. The lowest BCUT2D eigenvalue weighted by atomic mass is 10.0. The number of methoxy groups -OCH3 is 2. The fourth-order valence-electron chi connectivity index (χ4n) is 4.20. The van der Waals surface area contributed by atoms with Crippen LogP contribution >= 0.6 is 11.3 Å². The van der Waals surface area contributed by atoms with Gasteiger partial charge < -0.3 is 19.1 Å². The van der Waals surface area contributed by atoms with Gasteiger partial charge in [-0.15, -0.1) is 11.3 Å². The number of carbonyl (C=O) groups excluding carboxylic acids is 1. The molecule has 11 heteroatoms. The summed E-state index contributed by atoms with van der Waals surface area (Å²) in [6, 6.07) is 13.3. The van der Waals surface area contributed by atoms with Gasteiger partial charge in [0.1, 0.15) is 23.9 Å². The van der Waals surface area contributed by atoms with Crippen molar-refractivity contribution in [2.75, 3.05) is 47.1 Å². The fourth-order valence-corrected chi connectivity index (χ4v) is 6.50. The molecule has 4 rings (SSSR count). The highest BCUT2D eigenvalue weighted by molar-refractivity contribution is 7.89. The maximum absolute atomic E-state index is 13.6. The van der Waals surface area contributed by atoms with Crippen molar-refractivity contribution < 1.29 is 31.8 Å². The Hall–Kier alpha value is -2.99. The van der Waals surface area contributed by atoms with Crippen LogP contribution in [0.4, 0.5) is 4.39 Å². The summed E-state index contributed by atoms with van der Waals surface area (Å²) in [5.41, 5.74) is 0.980. The van der Waals surface area contributed by atoms with Crippen LogP contribution in [0.2, 0.25) is 0 Å². The first-order chi connectivity index (χ1) is 17.8. The highest BCUT2D eigenvalue weighted by Gasteiger charge is 2.35. The number of ether oxygens (including phenoxy) is 3. The molecule has 8 nitrogen and oxygen atoms in total. The maximum atomic E-state index is 13.6. The Morgan fingerprint density at radius 2 is 1.78 bits per heavy atom. The van der Waals surface area contributed by atoms with E-state index in [1.165, 1.54) is 55.5 Å². The van der Waals surface area contributed by atoms with E-state index in [2.05, 4.69) is 0 Å². The van der Waals surface area contributed by atoms with Crippen LogP contribution in [0, 0.1) is 5.82 Å². The third kappa shape index (κ3) is 6.30. The van der Waals surface area contributed by atoms with E-state index in [0.717, 1.165) is 9.87 Å². The molecule has 0 saturated heterocycles. The van der Waals surface area contributed by atoms with Gasteiger partial charge in [0.25, 0.3) is 0 Å². The molecule has 0 spiro atoms. The van der Waals surface area contributed by atoms with Crippen LogP contribution in [0.3, 0.4) is 0 Å². The highest BCUT2D eigenvalue weighted by Crippen LogP contribution is 2.34. The van der Waals surface area contributed by atoms with E-state index in [0.29, 0.717) is 24.5 Å². The zero-order valence-corrected chi connectivity index (χ0v) is 22.3. The maximum Gasteiger partial charge on any atom is 0.243 e. The predicted molar refractivity (Wildman–Crippen MR) is 138 cm³/mol. The van der Waals surface area contributed by atoms with Crippen molar-refractivity contribution in [2.45, 2.75) is 17.4 Å². The van der Waals surface area contributed by atoms with E-state index >= 15 is 0 Å². The SMILES string of the molecule is COCCN(CC(=O)N1CCc2sccc2[C@H]1COc1ccc(F)cc1)S(=O)(=O)c1ccc(OC)cc1. The average Bonchev–Trinajstić information content (AvgIpc) is 3.39. The second-order valence-corrected chi connectivity index (χ2v) is 11.4. The van der Waals surface area contributed by atoms with E-state index < -0.39 is 16.1 Å². The first kappa shape index (κ1) is 27.1. The zero-order chi connectivity index (χ0) is 26.4. The van der Waals surface area contributed by atoms with E-state index in [9.17, 15) is 17.6 Å². The lowest BCUT2D eigenvalue weighted by molar-refractivity contribution is -0.135. The molecule has 1 aliphatic rings. The van der Waals surface area contributed by atoms with Crippen molar-refractivity contribution in [1.82, 2.24) is 9.21 Å². The Bertz CT molecular complexity index is 1300. The van der Waals surface area contributed by atoms with E-state index in [4.69, 9.17) is 14.2 Å². The molecule has 1 aromatic heterocycles. The van der Waals surface area contributed by atoms with Gasteiger partial charge in [-0.25, -0.2) is 12.8 Å². The molecule has 0 saturated carbocycles. The van der Waals surface area contributed by atoms with Crippen LogP contribution in [0.1, 0.15) is 16.5 Å². The number of rotatable bonds is 11. The van der Waals surface area contributed by atoms with E-state index in [-0.39, 0.29) is 42.9 Å². The number of halogens is 1. The lowest BCUT2D eigenvalue weighted by Gasteiger charge is -2.37. The van der Waals surface area contributed by atoms with Crippen LogP contribution < -0.4 is 9.47 Å². The summed E-state index contributed by atoms with van der Waals surface area (Å²) in [4.78, 5) is 16.5. The quantitative estimate of drug-likeness (QED) is 0.363. The summed E-state index contributed by atoms with van der Waals surface area (Å²) in [5, 5.41) is 1.97. The van der Waals surface area contributed by atoms with Crippen molar-refractivity contribution in [3.8, 4) is 11.5 Å². The smallest absolute Gasteiger partial charge is 0.243 e. The summed E-state index contributed by atoms with van der Waals surface area (Å²) < 4.78 is 57.5. The van der Waals surface area contributed by atoms with Gasteiger partial charge in [0.05, 0.1) is 31.2 Å². The minimum absolute atomic E-state index is 0.0187. The second-order valence-electron chi connectivity index (χ2n) is 8.42. The van der Waals surface area contributed by atoms with Crippen molar-refractivity contribution in [3.63, 3.8) is 0 Å². The average molecular weight is 549 g/mol. The van der Waals surface area contributed by atoms with Crippen LogP contribution in [-0.2, 0) is 26.0 Å². The van der Waals surface area contributed by atoms with E-state index in [1.807, 2.05) is 11.4 Å². The minimum Gasteiger partial charge on any atom is -0.497 e. The van der Waals surface area contributed by atoms with Crippen molar-refractivity contribution in [1.29, 1.82) is 0 Å². The summed E-state index contributed by atoms with van der Waals surface area (Å²) >= 11 is 1.62. The lowest BCUT2D eigenvalue weighted by Crippen LogP contribution is -2.48. The standard InChI is InChI=1S/C26H29FN2O6S2/c1-33-15-14-28(37(31,32)22-9-7-20(34-2)8-10-22)17-26(30)29-13-11-25-23(12-16-36-25)24(29)18-35-21-5-3-19(27)4-6-21/h3-10,12,16,24H,11,13-15,17-18H2,1-2H3/t24-/m1/s1. The van der Waals surface area contributed by atoms with Crippen molar-refractivity contribution >= 4 is 27.3 Å². The van der Waals surface area contributed by atoms with Gasteiger partial charge in [-0.05, 0) is 72.0 Å². The van der Waals surface area contributed by atoms with Gasteiger partial charge >= 0.3 is 0 Å². The molecule has 0 bridgehead atoms. The number of thiophene rings is 1. The first-order valence-electron chi connectivity index (χ1n) is 11.7. The van der Waals surface area contributed by atoms with Crippen molar-refractivity contribution in [2.24, 2.45) is 0 Å². The van der Waals surface area contributed by atoms with Gasteiger partial charge in [0.15, 0.2) is 0 Å². The summed E-state index contributed by atoms with van der Waals surface area (Å²) in [5.74, 6) is 0.316. The number of nitrogens with zero attached hydrogens (tertiary/aromatic N) is 2. The molecular formula is C26H29FN2O6S2. The summed E-state index contributed by atoms with van der Waals surface area (Å²) in [6.45, 7) is 0.401. The largest absolute Gasteiger partial charge is 0.497 e. The molecule has 0 N–H and O–H groups in total. The number of sulfonamides is 1. The Balaban J connectivity index is 1.55.